The van der Waals surface area contributed by atoms with Crippen LogP contribution in [-0.2, 0) is 11.2 Å². The number of carbonyl (C=O) groups excluding carboxylic acids is 1. The average molecular weight is 190 g/mol. The van der Waals surface area contributed by atoms with Gasteiger partial charge in [0.25, 0.3) is 0 Å². The molecule has 0 amide bonds. The summed E-state index contributed by atoms with van der Waals surface area (Å²) in [5.41, 5.74) is 1.06. The Hall–Kier alpha value is -1.22. The molecule has 1 saturated heterocycles. The number of Topliss-reactive ketones (excluding diaryl/α,β-unsaturated/α-hetero) is 1. The van der Waals surface area contributed by atoms with Crippen LogP contribution in [0, 0.1) is 0 Å². The van der Waals surface area contributed by atoms with Crippen LogP contribution in [0.5, 0.6) is 0 Å². The van der Waals surface area contributed by atoms with Crippen molar-refractivity contribution in [1.29, 1.82) is 0 Å². The summed E-state index contributed by atoms with van der Waals surface area (Å²) in [6.45, 7) is 0.816. The second-order valence-electron chi connectivity index (χ2n) is 3.67. The molecule has 3 nitrogen and oxygen atoms in total. The Kier molecular flexibility index (Phi) is 2.89. The van der Waals surface area contributed by atoms with Gasteiger partial charge in [0, 0.05) is 43.7 Å². The van der Waals surface area contributed by atoms with E-state index in [1.807, 2.05) is 18.2 Å². The van der Waals surface area contributed by atoms with Gasteiger partial charge >= 0.3 is 0 Å². The number of carbonyl (C=O) groups is 1. The number of aromatic nitrogens is 1. The third-order valence-electron chi connectivity index (χ3n) is 2.49. The maximum atomic E-state index is 11.2. The van der Waals surface area contributed by atoms with Gasteiger partial charge in [0.05, 0.1) is 0 Å². The molecule has 74 valence electrons. The van der Waals surface area contributed by atoms with Crippen molar-refractivity contribution < 1.29 is 4.79 Å². The maximum absolute atomic E-state index is 11.2. The molecule has 1 fully saturated rings. The lowest BCUT2D eigenvalue weighted by Crippen LogP contribution is -2.39. The summed E-state index contributed by atoms with van der Waals surface area (Å²) in [4.78, 5) is 15.4. The normalized spacial score (nSPS) is 22.3. The van der Waals surface area contributed by atoms with E-state index in [1.165, 1.54) is 0 Å². The summed E-state index contributed by atoms with van der Waals surface area (Å²) >= 11 is 0. The second-order valence-corrected chi connectivity index (χ2v) is 3.67. The van der Waals surface area contributed by atoms with E-state index < -0.39 is 0 Å². The SMILES string of the molecule is O=C1CCNC(Cc2ccccn2)C1. The number of pyridine rings is 1. The Bertz CT molecular complexity index is 310. The predicted octanol–water partition coefficient (Wildman–Crippen LogP) is 0.945. The molecule has 0 radical (unpaired) electrons. The maximum Gasteiger partial charge on any atom is 0.135 e. The van der Waals surface area contributed by atoms with Gasteiger partial charge < -0.3 is 5.32 Å². The predicted molar refractivity (Wildman–Crippen MR) is 54.0 cm³/mol. The molecule has 0 bridgehead atoms. The smallest absolute Gasteiger partial charge is 0.135 e. The number of nitrogens with one attached hydrogen (secondary N) is 1. The molecule has 1 aliphatic heterocycles. The quantitative estimate of drug-likeness (QED) is 0.754. The van der Waals surface area contributed by atoms with Crippen molar-refractivity contribution in [3.63, 3.8) is 0 Å². The van der Waals surface area contributed by atoms with Gasteiger partial charge in [-0.25, -0.2) is 0 Å². The summed E-state index contributed by atoms with van der Waals surface area (Å²) in [6.07, 6.45) is 3.97. The summed E-state index contributed by atoms with van der Waals surface area (Å²) in [6, 6.07) is 6.17. The van der Waals surface area contributed by atoms with Crippen LogP contribution in [-0.4, -0.2) is 23.4 Å². The molecule has 14 heavy (non-hydrogen) atoms. The molecule has 2 heterocycles. The number of piperidine rings is 1. The van der Waals surface area contributed by atoms with E-state index in [9.17, 15) is 4.79 Å². The molecule has 1 aromatic rings. The Balaban J connectivity index is 1.94. The molecule has 1 N–H and O–H groups in total. The fraction of sp³-hybridized carbons (Fsp3) is 0.455. The van der Waals surface area contributed by atoms with E-state index in [1.54, 1.807) is 6.20 Å². The van der Waals surface area contributed by atoms with Gasteiger partial charge in [-0.2, -0.15) is 0 Å². The van der Waals surface area contributed by atoms with Crippen molar-refractivity contribution in [1.82, 2.24) is 10.3 Å². The lowest BCUT2D eigenvalue weighted by atomic mass is 9.99. The van der Waals surface area contributed by atoms with Crippen LogP contribution in [0.25, 0.3) is 0 Å². The van der Waals surface area contributed by atoms with Crippen molar-refractivity contribution in [2.45, 2.75) is 25.3 Å². The minimum atomic E-state index is 0.283. The van der Waals surface area contributed by atoms with Gasteiger partial charge in [-0.15, -0.1) is 0 Å². The molecular weight excluding hydrogens is 176 g/mol. The molecule has 1 atom stereocenters. The van der Waals surface area contributed by atoms with Crippen LogP contribution in [0.15, 0.2) is 24.4 Å². The lowest BCUT2D eigenvalue weighted by molar-refractivity contribution is -0.120. The van der Waals surface area contributed by atoms with Crippen LogP contribution in [0.2, 0.25) is 0 Å². The molecule has 0 spiro atoms. The number of hydrogen-bond acceptors (Lipinski definition) is 3. The van der Waals surface area contributed by atoms with Gasteiger partial charge in [0.1, 0.15) is 5.78 Å². The monoisotopic (exact) mass is 190 g/mol. The Morgan fingerprint density at radius 2 is 2.43 bits per heavy atom. The van der Waals surface area contributed by atoms with Crippen molar-refractivity contribution in [3.8, 4) is 0 Å². The molecule has 1 aliphatic rings. The fourth-order valence-corrected chi connectivity index (χ4v) is 1.78. The molecule has 0 aromatic carbocycles. The van der Waals surface area contributed by atoms with Crippen LogP contribution in [0.1, 0.15) is 18.5 Å². The highest BCUT2D eigenvalue weighted by Crippen LogP contribution is 2.08. The van der Waals surface area contributed by atoms with E-state index in [0.717, 1.165) is 18.7 Å². The van der Waals surface area contributed by atoms with Crippen LogP contribution < -0.4 is 5.32 Å². The minimum Gasteiger partial charge on any atom is -0.313 e. The van der Waals surface area contributed by atoms with Gasteiger partial charge in [-0.3, -0.25) is 9.78 Å². The topological polar surface area (TPSA) is 42.0 Å². The van der Waals surface area contributed by atoms with Crippen LogP contribution >= 0.6 is 0 Å². The first-order valence-electron chi connectivity index (χ1n) is 4.99. The van der Waals surface area contributed by atoms with Gasteiger partial charge in [0.2, 0.25) is 0 Å². The van der Waals surface area contributed by atoms with Crippen molar-refractivity contribution in [2.75, 3.05) is 6.54 Å². The average Bonchev–Trinajstić information content (AvgIpc) is 2.19. The number of rotatable bonds is 2. The molecule has 1 unspecified atom stereocenters. The first-order chi connectivity index (χ1) is 6.84. The zero-order valence-electron chi connectivity index (χ0n) is 8.07. The second kappa shape index (κ2) is 4.33. The van der Waals surface area contributed by atoms with Crippen molar-refractivity contribution in [3.05, 3.63) is 30.1 Å². The summed E-state index contributed by atoms with van der Waals surface area (Å²) in [5.74, 6) is 0.365. The Morgan fingerprint density at radius 3 is 3.14 bits per heavy atom. The van der Waals surface area contributed by atoms with Gasteiger partial charge in [0.15, 0.2) is 0 Å². The minimum absolute atomic E-state index is 0.283. The highest BCUT2D eigenvalue weighted by Gasteiger charge is 2.18. The van der Waals surface area contributed by atoms with Crippen LogP contribution in [0.4, 0.5) is 0 Å². The largest absolute Gasteiger partial charge is 0.313 e. The lowest BCUT2D eigenvalue weighted by Gasteiger charge is -2.22. The highest BCUT2D eigenvalue weighted by molar-refractivity contribution is 5.80. The summed E-state index contributed by atoms with van der Waals surface area (Å²) < 4.78 is 0. The molecule has 3 heteroatoms. The van der Waals surface area contributed by atoms with E-state index in [4.69, 9.17) is 0 Å². The van der Waals surface area contributed by atoms with E-state index >= 15 is 0 Å². The third kappa shape index (κ3) is 2.39. The van der Waals surface area contributed by atoms with E-state index in [0.29, 0.717) is 18.6 Å². The zero-order chi connectivity index (χ0) is 9.80. The number of nitrogens with zero attached hydrogens (tertiary/aromatic N) is 1. The number of ketones is 1. The number of hydrogen-bond donors (Lipinski definition) is 1. The van der Waals surface area contributed by atoms with Crippen molar-refractivity contribution >= 4 is 5.78 Å². The fourth-order valence-electron chi connectivity index (χ4n) is 1.78. The van der Waals surface area contributed by atoms with Gasteiger partial charge in [-0.05, 0) is 12.1 Å². The summed E-state index contributed by atoms with van der Waals surface area (Å²) in [7, 11) is 0. The first kappa shape index (κ1) is 9.34. The Labute approximate surface area is 83.5 Å². The summed E-state index contributed by atoms with van der Waals surface area (Å²) in [5, 5.41) is 3.34. The van der Waals surface area contributed by atoms with E-state index in [-0.39, 0.29) is 6.04 Å². The highest BCUT2D eigenvalue weighted by atomic mass is 16.1. The molecule has 0 aliphatic carbocycles. The Morgan fingerprint density at radius 1 is 1.50 bits per heavy atom. The van der Waals surface area contributed by atoms with Gasteiger partial charge in [-0.1, -0.05) is 6.07 Å². The standard InChI is InChI=1S/C11H14N2O/c14-11-4-6-13-10(8-11)7-9-3-1-2-5-12-9/h1-3,5,10,13H,4,6-8H2. The molecular formula is C11H14N2O. The molecule has 0 saturated carbocycles. The van der Waals surface area contributed by atoms with Crippen molar-refractivity contribution in [2.24, 2.45) is 0 Å². The van der Waals surface area contributed by atoms with E-state index in [2.05, 4.69) is 10.3 Å². The third-order valence-corrected chi connectivity index (χ3v) is 2.49. The first-order valence-corrected chi connectivity index (χ1v) is 4.99. The zero-order valence-corrected chi connectivity index (χ0v) is 8.07. The van der Waals surface area contributed by atoms with Crippen LogP contribution in [0.3, 0.4) is 0 Å². The molecule has 2 rings (SSSR count). The molecule has 1 aromatic heterocycles.